The van der Waals surface area contributed by atoms with Crippen LogP contribution in [0.25, 0.3) is 0 Å². The van der Waals surface area contributed by atoms with Crippen molar-refractivity contribution < 1.29 is 17.9 Å². The first-order valence-corrected chi connectivity index (χ1v) is 8.53. The van der Waals surface area contributed by atoms with E-state index in [1.54, 1.807) is 0 Å². The Balaban J connectivity index is 2.15. The van der Waals surface area contributed by atoms with Gasteiger partial charge in [0.1, 0.15) is 11.0 Å². The van der Waals surface area contributed by atoms with Gasteiger partial charge < -0.3 is 4.74 Å². The van der Waals surface area contributed by atoms with Gasteiger partial charge in [0.2, 0.25) is 10.0 Å². The molecule has 0 aromatic carbocycles. The highest BCUT2D eigenvalue weighted by molar-refractivity contribution is 7.89. The third kappa shape index (κ3) is 3.44. The third-order valence-electron chi connectivity index (χ3n) is 4.19. The minimum absolute atomic E-state index is 0.200. The molecule has 0 saturated heterocycles. The molecule has 3 unspecified atom stereocenters. The number of nitrogens with zero attached hydrogens (tertiary/aromatic N) is 1. The number of primary sulfonamides is 1. The van der Waals surface area contributed by atoms with Gasteiger partial charge in [-0.2, -0.15) is 5.10 Å². The zero-order valence-corrected chi connectivity index (χ0v) is 13.2. The fraction of sp³-hybridized carbons (Fsp3) is 0.692. The molecule has 1 saturated carbocycles. The molecule has 21 heavy (non-hydrogen) atoms. The molecule has 1 aliphatic rings. The first kappa shape index (κ1) is 16.0. The number of sulfonamides is 1. The highest BCUT2D eigenvalue weighted by Gasteiger charge is 2.31. The van der Waals surface area contributed by atoms with Gasteiger partial charge in [-0.15, -0.1) is 0 Å². The largest absolute Gasteiger partial charge is 0.458 e. The normalized spacial score (nSPS) is 26.6. The number of carbonyl (C=O) groups excluding carboxylic acids is 1. The van der Waals surface area contributed by atoms with Crippen molar-refractivity contribution in [2.45, 2.75) is 51.0 Å². The van der Waals surface area contributed by atoms with E-state index in [1.807, 2.05) is 0 Å². The Bertz CT molecular complexity index is 638. The zero-order valence-electron chi connectivity index (χ0n) is 12.4. The van der Waals surface area contributed by atoms with Crippen LogP contribution in [0.3, 0.4) is 0 Å². The van der Waals surface area contributed by atoms with Gasteiger partial charge in [-0.3, -0.25) is 5.10 Å². The van der Waals surface area contributed by atoms with Crippen molar-refractivity contribution in [2.75, 3.05) is 0 Å². The Kier molecular flexibility index (Phi) is 4.38. The summed E-state index contributed by atoms with van der Waals surface area (Å²) in [7, 11) is -4.02. The van der Waals surface area contributed by atoms with E-state index in [0.29, 0.717) is 11.8 Å². The minimum Gasteiger partial charge on any atom is -0.458 e. The summed E-state index contributed by atoms with van der Waals surface area (Å²) in [5.74, 6) is 0.331. The molecular formula is C13H21N3O4S. The average Bonchev–Trinajstić information content (AvgIpc) is 2.76. The number of aromatic nitrogens is 2. The lowest BCUT2D eigenvalue weighted by atomic mass is 9.80. The average molecular weight is 315 g/mol. The molecule has 0 amide bonds. The van der Waals surface area contributed by atoms with Crippen LogP contribution in [-0.4, -0.2) is 30.7 Å². The number of H-pyrrole nitrogens is 1. The number of aryl methyl sites for hydroxylation is 1. The van der Waals surface area contributed by atoms with Crippen LogP contribution >= 0.6 is 0 Å². The van der Waals surface area contributed by atoms with Crippen LogP contribution < -0.4 is 5.14 Å². The molecule has 0 bridgehead atoms. The Labute approximate surface area is 124 Å². The minimum atomic E-state index is -4.02. The fourth-order valence-electron chi connectivity index (χ4n) is 2.72. The van der Waals surface area contributed by atoms with Crippen molar-refractivity contribution in [1.82, 2.24) is 10.2 Å². The van der Waals surface area contributed by atoms with Gasteiger partial charge in [-0.05, 0) is 38.0 Å². The number of ether oxygens (including phenoxy) is 1. The third-order valence-corrected chi connectivity index (χ3v) is 5.26. The Morgan fingerprint density at radius 2 is 2.00 bits per heavy atom. The smallest absolute Gasteiger partial charge is 0.360 e. The maximum Gasteiger partial charge on any atom is 0.360 e. The van der Waals surface area contributed by atoms with E-state index < -0.39 is 16.0 Å². The molecular weight excluding hydrogens is 294 g/mol. The second kappa shape index (κ2) is 5.76. The first-order chi connectivity index (χ1) is 9.70. The number of esters is 1. The number of hydrogen-bond donors (Lipinski definition) is 2. The summed E-state index contributed by atoms with van der Waals surface area (Å²) in [5.41, 5.74) is -0.0311. The van der Waals surface area contributed by atoms with Crippen molar-refractivity contribution in [3.05, 3.63) is 11.4 Å². The lowest BCUT2D eigenvalue weighted by molar-refractivity contribution is 0.00777. The molecule has 0 spiro atoms. The van der Waals surface area contributed by atoms with Crippen LogP contribution in [0.2, 0.25) is 0 Å². The number of rotatable bonds is 3. The zero-order chi connectivity index (χ0) is 15.8. The van der Waals surface area contributed by atoms with Crippen molar-refractivity contribution in [2.24, 2.45) is 17.0 Å². The summed E-state index contributed by atoms with van der Waals surface area (Å²) in [5, 5.41) is 11.3. The van der Waals surface area contributed by atoms with E-state index in [9.17, 15) is 13.2 Å². The quantitative estimate of drug-likeness (QED) is 0.817. The van der Waals surface area contributed by atoms with Gasteiger partial charge in [-0.1, -0.05) is 13.8 Å². The summed E-state index contributed by atoms with van der Waals surface area (Å²) in [6.07, 6.45) is 2.35. The van der Waals surface area contributed by atoms with Crippen LogP contribution in [0.5, 0.6) is 0 Å². The molecule has 1 aromatic rings. The molecule has 1 aliphatic carbocycles. The van der Waals surface area contributed by atoms with E-state index in [1.165, 1.54) is 6.92 Å². The lowest BCUT2D eigenvalue weighted by Gasteiger charge is -2.31. The SMILES string of the molecule is Cc1[nH]nc(C(=O)OC2CCC(C)C(C)C2)c1S(N)(=O)=O. The Morgan fingerprint density at radius 1 is 1.33 bits per heavy atom. The number of aromatic amines is 1. The molecule has 2 rings (SSSR count). The summed E-state index contributed by atoms with van der Waals surface area (Å²) in [6, 6.07) is 0. The van der Waals surface area contributed by atoms with E-state index in [2.05, 4.69) is 24.0 Å². The van der Waals surface area contributed by atoms with Crippen LogP contribution in [-0.2, 0) is 14.8 Å². The molecule has 7 nitrogen and oxygen atoms in total. The van der Waals surface area contributed by atoms with Crippen molar-refractivity contribution in [3.8, 4) is 0 Å². The molecule has 8 heteroatoms. The van der Waals surface area contributed by atoms with Gasteiger partial charge in [0.05, 0.1) is 5.69 Å². The van der Waals surface area contributed by atoms with Crippen LogP contribution in [0.1, 0.15) is 49.3 Å². The van der Waals surface area contributed by atoms with E-state index in [0.717, 1.165) is 19.3 Å². The van der Waals surface area contributed by atoms with Crippen LogP contribution in [0.15, 0.2) is 4.90 Å². The van der Waals surface area contributed by atoms with Gasteiger partial charge in [0.25, 0.3) is 0 Å². The van der Waals surface area contributed by atoms with Gasteiger partial charge >= 0.3 is 5.97 Å². The van der Waals surface area contributed by atoms with Crippen molar-refractivity contribution >= 4 is 16.0 Å². The predicted molar refractivity (Wildman–Crippen MR) is 76.1 cm³/mol. The molecule has 0 aliphatic heterocycles. The van der Waals surface area contributed by atoms with Gasteiger partial charge in [0, 0.05) is 0 Å². The molecule has 0 radical (unpaired) electrons. The maximum absolute atomic E-state index is 12.2. The Hall–Kier alpha value is -1.41. The molecule has 3 N–H and O–H groups in total. The number of nitrogens with one attached hydrogen (secondary N) is 1. The molecule has 3 atom stereocenters. The first-order valence-electron chi connectivity index (χ1n) is 6.99. The predicted octanol–water partition coefficient (Wildman–Crippen LogP) is 1.35. The number of nitrogens with two attached hydrogens (primary N) is 1. The molecule has 1 aromatic heterocycles. The van der Waals surface area contributed by atoms with Gasteiger partial charge in [-0.25, -0.2) is 18.4 Å². The summed E-state index contributed by atoms with van der Waals surface area (Å²) < 4.78 is 28.5. The standard InChI is InChI=1S/C13H21N3O4S/c1-7-4-5-10(6-8(7)2)20-13(17)11-12(21(14,18)19)9(3)15-16-11/h7-8,10H,4-6H2,1-3H3,(H,15,16)(H2,14,18,19). The highest BCUT2D eigenvalue weighted by Crippen LogP contribution is 2.31. The highest BCUT2D eigenvalue weighted by atomic mass is 32.2. The van der Waals surface area contributed by atoms with Crippen LogP contribution in [0, 0.1) is 18.8 Å². The Morgan fingerprint density at radius 3 is 2.57 bits per heavy atom. The van der Waals surface area contributed by atoms with E-state index in [4.69, 9.17) is 9.88 Å². The lowest BCUT2D eigenvalue weighted by Crippen LogP contribution is -2.29. The summed E-state index contributed by atoms with van der Waals surface area (Å²) in [6.45, 7) is 5.80. The second-order valence-electron chi connectivity index (χ2n) is 5.87. The maximum atomic E-state index is 12.2. The summed E-state index contributed by atoms with van der Waals surface area (Å²) >= 11 is 0. The van der Waals surface area contributed by atoms with E-state index >= 15 is 0 Å². The van der Waals surface area contributed by atoms with Gasteiger partial charge in [0.15, 0.2) is 5.69 Å². The molecule has 1 heterocycles. The van der Waals surface area contributed by atoms with E-state index in [-0.39, 0.29) is 22.4 Å². The van der Waals surface area contributed by atoms with Crippen molar-refractivity contribution in [3.63, 3.8) is 0 Å². The van der Waals surface area contributed by atoms with Crippen LogP contribution in [0.4, 0.5) is 0 Å². The van der Waals surface area contributed by atoms with Crippen molar-refractivity contribution in [1.29, 1.82) is 0 Å². The molecule has 1 fully saturated rings. The summed E-state index contributed by atoms with van der Waals surface area (Å²) in [4.78, 5) is 11.9. The monoisotopic (exact) mass is 315 g/mol. The second-order valence-corrected chi connectivity index (χ2v) is 7.36. The molecule has 118 valence electrons. The number of hydrogen-bond acceptors (Lipinski definition) is 5. The fourth-order valence-corrected chi connectivity index (χ4v) is 3.59. The number of carbonyl (C=O) groups is 1. The topological polar surface area (TPSA) is 115 Å².